The number of fused-ring (bicyclic) bond motifs is 1. The average Bonchev–Trinajstić information content (AvgIpc) is 3.17. The van der Waals surface area contributed by atoms with E-state index in [2.05, 4.69) is 21.8 Å². The fraction of sp³-hybridized carbons (Fsp3) is 0.273. The van der Waals surface area contributed by atoms with Gasteiger partial charge in [-0.25, -0.2) is 4.98 Å². The van der Waals surface area contributed by atoms with Gasteiger partial charge >= 0.3 is 0 Å². The lowest BCUT2D eigenvalue weighted by Crippen LogP contribution is -2.36. The highest BCUT2D eigenvalue weighted by Crippen LogP contribution is 2.26. The summed E-state index contributed by atoms with van der Waals surface area (Å²) in [7, 11) is 0. The van der Waals surface area contributed by atoms with E-state index in [-0.39, 0.29) is 5.91 Å². The number of benzene rings is 2. The predicted octanol–water partition coefficient (Wildman–Crippen LogP) is 4.09. The molecule has 0 aliphatic carbocycles. The van der Waals surface area contributed by atoms with E-state index in [9.17, 15) is 4.79 Å². The standard InChI is InChI=1S/C22H23N3O3S/c1-2-11-28-15-21-24-19-14-17(5-8-20(19)29-21)23-22(26)16-3-6-18(7-4-16)25-9-12-27-13-10-25/h2-8,14H,1,9-13,15H2,(H,23,26). The zero-order valence-corrected chi connectivity index (χ0v) is 16.9. The van der Waals surface area contributed by atoms with Crippen LogP contribution in [-0.4, -0.2) is 43.8 Å². The number of hydrogen-bond acceptors (Lipinski definition) is 6. The molecule has 7 heteroatoms. The lowest BCUT2D eigenvalue weighted by Gasteiger charge is -2.28. The van der Waals surface area contributed by atoms with Gasteiger partial charge in [-0.2, -0.15) is 0 Å². The second-order valence-corrected chi connectivity index (χ2v) is 7.81. The third-order valence-electron chi connectivity index (χ3n) is 4.66. The summed E-state index contributed by atoms with van der Waals surface area (Å²) in [6.07, 6.45) is 1.72. The van der Waals surface area contributed by atoms with E-state index < -0.39 is 0 Å². The molecule has 3 aromatic rings. The van der Waals surface area contributed by atoms with Gasteiger partial charge in [0.15, 0.2) is 0 Å². The molecule has 4 rings (SSSR count). The van der Waals surface area contributed by atoms with Gasteiger partial charge in [0.1, 0.15) is 5.01 Å². The van der Waals surface area contributed by atoms with Crippen molar-refractivity contribution in [3.63, 3.8) is 0 Å². The molecule has 1 saturated heterocycles. The predicted molar refractivity (Wildman–Crippen MR) is 117 cm³/mol. The quantitative estimate of drug-likeness (QED) is 0.470. The Morgan fingerprint density at radius 1 is 1.24 bits per heavy atom. The average molecular weight is 410 g/mol. The number of carbonyl (C=O) groups is 1. The first kappa shape index (κ1) is 19.6. The van der Waals surface area contributed by atoms with Crippen molar-refractivity contribution in [2.45, 2.75) is 6.61 Å². The fourth-order valence-electron chi connectivity index (χ4n) is 3.19. The van der Waals surface area contributed by atoms with Crippen LogP contribution in [-0.2, 0) is 16.1 Å². The lowest BCUT2D eigenvalue weighted by molar-refractivity contribution is 0.102. The van der Waals surface area contributed by atoms with Crippen LogP contribution in [0.5, 0.6) is 0 Å². The molecule has 0 saturated carbocycles. The molecule has 1 amide bonds. The largest absolute Gasteiger partial charge is 0.378 e. The van der Waals surface area contributed by atoms with E-state index in [0.29, 0.717) is 18.8 Å². The van der Waals surface area contributed by atoms with Crippen LogP contribution in [0.25, 0.3) is 10.2 Å². The van der Waals surface area contributed by atoms with Crippen LogP contribution in [0.3, 0.4) is 0 Å². The number of morpholine rings is 1. The number of amides is 1. The highest BCUT2D eigenvalue weighted by molar-refractivity contribution is 7.18. The summed E-state index contributed by atoms with van der Waals surface area (Å²) in [5.41, 5.74) is 3.31. The number of ether oxygens (including phenoxy) is 2. The summed E-state index contributed by atoms with van der Waals surface area (Å²) in [4.78, 5) is 19.5. The molecule has 2 aromatic carbocycles. The maximum atomic E-state index is 12.6. The molecule has 29 heavy (non-hydrogen) atoms. The smallest absolute Gasteiger partial charge is 0.255 e. The minimum atomic E-state index is -0.136. The summed E-state index contributed by atoms with van der Waals surface area (Å²) in [5, 5.41) is 3.87. The molecule has 0 radical (unpaired) electrons. The van der Waals surface area contributed by atoms with Crippen LogP contribution in [0, 0.1) is 0 Å². The number of nitrogens with one attached hydrogen (secondary N) is 1. The molecule has 1 aliphatic rings. The van der Waals surface area contributed by atoms with E-state index in [1.807, 2.05) is 42.5 Å². The van der Waals surface area contributed by atoms with Crippen molar-refractivity contribution in [1.82, 2.24) is 4.98 Å². The molecule has 0 bridgehead atoms. The molecular formula is C22H23N3O3S. The van der Waals surface area contributed by atoms with Crippen molar-refractivity contribution in [2.24, 2.45) is 0 Å². The molecule has 150 valence electrons. The second kappa shape index (κ2) is 9.17. The molecule has 0 spiro atoms. The van der Waals surface area contributed by atoms with Crippen LogP contribution in [0.1, 0.15) is 15.4 Å². The van der Waals surface area contributed by atoms with E-state index in [4.69, 9.17) is 9.47 Å². The molecular weight excluding hydrogens is 386 g/mol. The van der Waals surface area contributed by atoms with Crippen LogP contribution >= 0.6 is 11.3 Å². The van der Waals surface area contributed by atoms with Gasteiger partial charge in [0, 0.05) is 30.0 Å². The van der Waals surface area contributed by atoms with Crippen molar-refractivity contribution in [3.8, 4) is 0 Å². The number of hydrogen-bond donors (Lipinski definition) is 1. The first-order valence-corrected chi connectivity index (χ1v) is 10.4. The SMILES string of the molecule is C=CCOCc1nc2cc(NC(=O)c3ccc(N4CCOCC4)cc3)ccc2s1. The van der Waals surface area contributed by atoms with E-state index >= 15 is 0 Å². The van der Waals surface area contributed by atoms with Gasteiger partial charge in [-0.1, -0.05) is 6.08 Å². The maximum absolute atomic E-state index is 12.6. The zero-order valence-electron chi connectivity index (χ0n) is 16.1. The van der Waals surface area contributed by atoms with Crippen LogP contribution < -0.4 is 10.2 Å². The topological polar surface area (TPSA) is 63.7 Å². The monoisotopic (exact) mass is 409 g/mol. The minimum Gasteiger partial charge on any atom is -0.378 e. The van der Waals surface area contributed by atoms with Gasteiger partial charge < -0.3 is 19.7 Å². The van der Waals surface area contributed by atoms with Gasteiger partial charge in [-0.3, -0.25) is 4.79 Å². The van der Waals surface area contributed by atoms with Crippen LogP contribution in [0.2, 0.25) is 0 Å². The number of rotatable bonds is 7. The Labute approximate surface area is 173 Å². The molecule has 1 fully saturated rings. The highest BCUT2D eigenvalue weighted by atomic mass is 32.1. The summed E-state index contributed by atoms with van der Waals surface area (Å²) in [6.45, 7) is 7.83. The van der Waals surface area contributed by atoms with Crippen molar-refractivity contribution in [3.05, 3.63) is 65.7 Å². The van der Waals surface area contributed by atoms with Gasteiger partial charge in [-0.15, -0.1) is 17.9 Å². The highest BCUT2D eigenvalue weighted by Gasteiger charge is 2.13. The maximum Gasteiger partial charge on any atom is 0.255 e. The Morgan fingerprint density at radius 3 is 2.79 bits per heavy atom. The third-order valence-corrected chi connectivity index (χ3v) is 5.67. The zero-order chi connectivity index (χ0) is 20.1. The van der Waals surface area contributed by atoms with Gasteiger partial charge in [0.05, 0.1) is 36.6 Å². The molecule has 0 atom stereocenters. The Morgan fingerprint density at radius 2 is 2.03 bits per heavy atom. The number of carbonyl (C=O) groups excluding carboxylic acids is 1. The Bertz CT molecular complexity index is 994. The fourth-order valence-corrected chi connectivity index (χ4v) is 4.08. The third kappa shape index (κ3) is 4.82. The Hall–Kier alpha value is -2.74. The number of anilines is 2. The number of aromatic nitrogens is 1. The normalized spacial score (nSPS) is 14.1. The van der Waals surface area contributed by atoms with Crippen LogP contribution in [0.15, 0.2) is 55.1 Å². The first-order chi connectivity index (χ1) is 14.2. The molecule has 6 nitrogen and oxygen atoms in total. The second-order valence-electron chi connectivity index (χ2n) is 6.69. The van der Waals surface area contributed by atoms with Crippen LogP contribution in [0.4, 0.5) is 11.4 Å². The molecule has 0 unspecified atom stereocenters. The van der Waals surface area contributed by atoms with E-state index in [1.165, 1.54) is 0 Å². The number of nitrogens with zero attached hydrogens (tertiary/aromatic N) is 2. The summed E-state index contributed by atoms with van der Waals surface area (Å²) < 4.78 is 11.9. The van der Waals surface area contributed by atoms with Gasteiger partial charge in [0.2, 0.25) is 0 Å². The van der Waals surface area contributed by atoms with E-state index in [0.717, 1.165) is 52.9 Å². The summed E-state index contributed by atoms with van der Waals surface area (Å²) >= 11 is 1.59. The molecule has 1 aliphatic heterocycles. The lowest BCUT2D eigenvalue weighted by atomic mass is 10.1. The minimum absolute atomic E-state index is 0.136. The van der Waals surface area contributed by atoms with Gasteiger partial charge in [-0.05, 0) is 42.5 Å². The van der Waals surface area contributed by atoms with Crippen molar-refractivity contribution in [1.29, 1.82) is 0 Å². The Kier molecular flexibility index (Phi) is 6.19. The van der Waals surface area contributed by atoms with Gasteiger partial charge in [0.25, 0.3) is 5.91 Å². The molecule has 1 N–H and O–H groups in total. The van der Waals surface area contributed by atoms with Crippen molar-refractivity contribution < 1.29 is 14.3 Å². The van der Waals surface area contributed by atoms with Crippen molar-refractivity contribution >= 4 is 38.8 Å². The number of thiazole rings is 1. The summed E-state index contributed by atoms with van der Waals surface area (Å²) in [6, 6.07) is 13.4. The molecule has 1 aromatic heterocycles. The summed E-state index contributed by atoms with van der Waals surface area (Å²) in [5.74, 6) is -0.136. The Balaban J connectivity index is 1.41. The molecule has 2 heterocycles. The first-order valence-electron chi connectivity index (χ1n) is 9.55. The van der Waals surface area contributed by atoms with Crippen molar-refractivity contribution in [2.75, 3.05) is 43.1 Å². The van der Waals surface area contributed by atoms with E-state index in [1.54, 1.807) is 17.4 Å².